The maximum Gasteiger partial charge on any atom is 0.129 e. The molecule has 4 heteroatoms. The summed E-state index contributed by atoms with van der Waals surface area (Å²) in [5.74, 6) is 1.46. The lowest BCUT2D eigenvalue weighted by molar-refractivity contribution is 0.317. The monoisotopic (exact) mass is 167 g/mol. The molecule has 0 aromatic carbocycles. The Kier molecular flexibility index (Phi) is 2.74. The fourth-order valence-corrected chi connectivity index (χ4v) is 0.850. The molecule has 1 rings (SSSR count). The first-order valence-corrected chi connectivity index (χ1v) is 3.88. The zero-order valence-corrected chi connectivity index (χ0v) is 7.08. The smallest absolute Gasteiger partial charge is 0.129 e. The molecule has 4 nitrogen and oxygen atoms in total. The summed E-state index contributed by atoms with van der Waals surface area (Å²) in [7, 11) is 0. The van der Waals surface area contributed by atoms with Crippen molar-refractivity contribution < 1.29 is 4.74 Å². The van der Waals surface area contributed by atoms with Gasteiger partial charge in [0.1, 0.15) is 17.4 Å². The maximum atomic E-state index is 5.46. The number of pyridine rings is 1. The van der Waals surface area contributed by atoms with Crippen molar-refractivity contribution in [3.05, 3.63) is 12.1 Å². The second-order valence-corrected chi connectivity index (χ2v) is 2.50. The Labute approximate surface area is 71.5 Å². The van der Waals surface area contributed by atoms with Crippen LogP contribution in [0.25, 0.3) is 0 Å². The predicted molar refractivity (Wildman–Crippen MR) is 48.8 cm³/mol. The minimum Gasteiger partial charge on any atom is -0.493 e. The lowest BCUT2D eigenvalue weighted by atomic mass is 10.4. The normalized spacial score (nSPS) is 9.75. The van der Waals surface area contributed by atoms with Gasteiger partial charge in [0.05, 0.1) is 6.61 Å². The van der Waals surface area contributed by atoms with Crippen LogP contribution in [0.5, 0.6) is 5.75 Å². The highest BCUT2D eigenvalue weighted by Crippen LogP contribution is 2.16. The van der Waals surface area contributed by atoms with Gasteiger partial charge in [-0.25, -0.2) is 4.98 Å². The number of nitrogens with zero attached hydrogens (tertiary/aromatic N) is 1. The summed E-state index contributed by atoms with van der Waals surface area (Å²) >= 11 is 0. The average Bonchev–Trinajstić information content (AvgIpc) is 1.99. The number of anilines is 2. The second-order valence-electron chi connectivity index (χ2n) is 2.50. The SMILES string of the molecule is CCCOc1cc(N)nc(N)c1. The van der Waals surface area contributed by atoms with E-state index in [-0.39, 0.29) is 0 Å². The zero-order chi connectivity index (χ0) is 8.97. The van der Waals surface area contributed by atoms with E-state index in [1.807, 2.05) is 6.92 Å². The molecule has 66 valence electrons. The van der Waals surface area contributed by atoms with Crippen LogP contribution >= 0.6 is 0 Å². The third-order valence-electron chi connectivity index (χ3n) is 1.31. The van der Waals surface area contributed by atoms with Crippen LogP contribution in [0.1, 0.15) is 13.3 Å². The van der Waals surface area contributed by atoms with Crippen molar-refractivity contribution in [2.45, 2.75) is 13.3 Å². The number of nitrogen functional groups attached to an aromatic ring is 2. The minimum absolute atomic E-state index is 0.390. The van der Waals surface area contributed by atoms with Crippen molar-refractivity contribution in [1.29, 1.82) is 0 Å². The van der Waals surface area contributed by atoms with E-state index in [9.17, 15) is 0 Å². The van der Waals surface area contributed by atoms with Gasteiger partial charge in [-0.2, -0.15) is 0 Å². The Bertz CT molecular complexity index is 242. The van der Waals surface area contributed by atoms with Crippen LogP contribution in [-0.2, 0) is 0 Å². The molecular weight excluding hydrogens is 154 g/mol. The molecular formula is C8H13N3O. The van der Waals surface area contributed by atoms with Gasteiger partial charge in [-0.15, -0.1) is 0 Å². The summed E-state index contributed by atoms with van der Waals surface area (Å²) in [6.07, 6.45) is 0.960. The number of ether oxygens (including phenoxy) is 1. The summed E-state index contributed by atoms with van der Waals surface area (Å²) in [4.78, 5) is 3.82. The standard InChI is InChI=1S/C8H13N3O/c1-2-3-12-6-4-7(9)11-8(10)5-6/h4-5H,2-3H2,1H3,(H4,9,10,11). The topological polar surface area (TPSA) is 74.2 Å². The fourth-order valence-electron chi connectivity index (χ4n) is 0.850. The number of rotatable bonds is 3. The highest BCUT2D eigenvalue weighted by molar-refractivity contribution is 5.46. The molecule has 0 spiro atoms. The van der Waals surface area contributed by atoms with Gasteiger partial charge in [-0.05, 0) is 6.42 Å². The van der Waals surface area contributed by atoms with E-state index in [2.05, 4.69) is 4.98 Å². The molecule has 4 N–H and O–H groups in total. The molecule has 0 bridgehead atoms. The van der Waals surface area contributed by atoms with Crippen molar-refractivity contribution in [2.24, 2.45) is 0 Å². The lowest BCUT2D eigenvalue weighted by Gasteiger charge is -2.05. The van der Waals surface area contributed by atoms with Crippen LogP contribution in [-0.4, -0.2) is 11.6 Å². The molecule has 1 aromatic rings. The fraction of sp³-hybridized carbons (Fsp3) is 0.375. The van der Waals surface area contributed by atoms with Gasteiger partial charge < -0.3 is 16.2 Å². The highest BCUT2D eigenvalue weighted by Gasteiger charge is 1.97. The third-order valence-corrected chi connectivity index (χ3v) is 1.31. The Hall–Kier alpha value is -1.45. The minimum atomic E-state index is 0.390. The van der Waals surface area contributed by atoms with Gasteiger partial charge in [0, 0.05) is 12.1 Å². The Morgan fingerprint density at radius 1 is 1.33 bits per heavy atom. The van der Waals surface area contributed by atoms with Gasteiger partial charge in [-0.1, -0.05) is 6.92 Å². The van der Waals surface area contributed by atoms with Crippen molar-refractivity contribution in [3.63, 3.8) is 0 Å². The van der Waals surface area contributed by atoms with Crippen LogP contribution in [0, 0.1) is 0 Å². The molecule has 0 amide bonds. The van der Waals surface area contributed by atoms with Gasteiger partial charge >= 0.3 is 0 Å². The van der Waals surface area contributed by atoms with Gasteiger partial charge in [0.25, 0.3) is 0 Å². The summed E-state index contributed by atoms with van der Waals surface area (Å²) in [6.45, 7) is 2.71. The van der Waals surface area contributed by atoms with Crippen LogP contribution in [0.3, 0.4) is 0 Å². The van der Waals surface area contributed by atoms with Crippen LogP contribution in [0.2, 0.25) is 0 Å². The highest BCUT2D eigenvalue weighted by atomic mass is 16.5. The number of hydrogen-bond acceptors (Lipinski definition) is 4. The maximum absolute atomic E-state index is 5.46. The number of hydrogen-bond donors (Lipinski definition) is 2. The van der Waals surface area contributed by atoms with Crippen molar-refractivity contribution >= 4 is 11.6 Å². The molecule has 0 aliphatic heterocycles. The quantitative estimate of drug-likeness (QED) is 0.705. The Balaban J connectivity index is 2.72. The van der Waals surface area contributed by atoms with Crippen LogP contribution in [0.15, 0.2) is 12.1 Å². The molecule has 0 saturated carbocycles. The van der Waals surface area contributed by atoms with Crippen molar-refractivity contribution in [3.8, 4) is 5.75 Å². The van der Waals surface area contributed by atoms with Crippen LogP contribution in [0.4, 0.5) is 11.6 Å². The number of nitrogens with two attached hydrogens (primary N) is 2. The lowest BCUT2D eigenvalue weighted by Crippen LogP contribution is -2.00. The average molecular weight is 167 g/mol. The first kappa shape index (κ1) is 8.64. The molecule has 1 aromatic heterocycles. The molecule has 0 atom stereocenters. The molecule has 0 unspecified atom stereocenters. The molecule has 12 heavy (non-hydrogen) atoms. The number of aromatic nitrogens is 1. The Morgan fingerprint density at radius 3 is 2.42 bits per heavy atom. The molecule has 0 aliphatic carbocycles. The van der Waals surface area contributed by atoms with E-state index >= 15 is 0 Å². The van der Waals surface area contributed by atoms with Gasteiger partial charge in [0.15, 0.2) is 0 Å². The first-order chi connectivity index (χ1) is 5.72. The van der Waals surface area contributed by atoms with E-state index < -0.39 is 0 Å². The zero-order valence-electron chi connectivity index (χ0n) is 7.08. The van der Waals surface area contributed by atoms with Crippen molar-refractivity contribution in [1.82, 2.24) is 4.98 Å². The molecule has 1 heterocycles. The predicted octanol–water partition coefficient (Wildman–Crippen LogP) is 1.03. The molecule has 0 saturated heterocycles. The molecule has 0 fully saturated rings. The van der Waals surface area contributed by atoms with E-state index in [0.29, 0.717) is 24.0 Å². The van der Waals surface area contributed by atoms with Gasteiger partial charge in [-0.3, -0.25) is 0 Å². The van der Waals surface area contributed by atoms with E-state index in [0.717, 1.165) is 6.42 Å². The van der Waals surface area contributed by atoms with Gasteiger partial charge in [0.2, 0.25) is 0 Å². The molecule has 0 radical (unpaired) electrons. The molecule has 0 aliphatic rings. The van der Waals surface area contributed by atoms with Crippen LogP contribution < -0.4 is 16.2 Å². The van der Waals surface area contributed by atoms with E-state index in [4.69, 9.17) is 16.2 Å². The Morgan fingerprint density at radius 2 is 1.92 bits per heavy atom. The van der Waals surface area contributed by atoms with E-state index in [1.165, 1.54) is 0 Å². The largest absolute Gasteiger partial charge is 0.493 e. The summed E-state index contributed by atoms with van der Waals surface area (Å²) < 4.78 is 5.32. The summed E-state index contributed by atoms with van der Waals surface area (Å²) in [6, 6.07) is 3.32. The summed E-state index contributed by atoms with van der Waals surface area (Å²) in [5.41, 5.74) is 10.9. The van der Waals surface area contributed by atoms with Crippen molar-refractivity contribution in [2.75, 3.05) is 18.1 Å². The summed E-state index contributed by atoms with van der Waals surface area (Å²) in [5, 5.41) is 0. The third kappa shape index (κ3) is 2.30. The second kappa shape index (κ2) is 3.80. The first-order valence-electron chi connectivity index (χ1n) is 3.88. The van der Waals surface area contributed by atoms with E-state index in [1.54, 1.807) is 12.1 Å².